The van der Waals surface area contributed by atoms with Gasteiger partial charge >= 0.3 is 0 Å². The molecular formula is C33H38Cl2FN5O4. The second-order valence-electron chi connectivity index (χ2n) is 11.1. The summed E-state index contributed by atoms with van der Waals surface area (Å²) < 4.78 is 14.2. The molecule has 4 N–H and O–H groups in total. The highest BCUT2D eigenvalue weighted by molar-refractivity contribution is 6.35. The van der Waals surface area contributed by atoms with Crippen LogP contribution in [0.2, 0.25) is 10.0 Å². The molecule has 0 saturated carbocycles. The Kier molecular flexibility index (Phi) is 14.3. The molecule has 0 bridgehead atoms. The summed E-state index contributed by atoms with van der Waals surface area (Å²) in [7, 11) is 1.64. The first-order valence-corrected chi connectivity index (χ1v) is 14.8. The Hall–Kier alpha value is -4.17. The number of rotatable bonds is 7. The van der Waals surface area contributed by atoms with Crippen LogP contribution in [0.15, 0.2) is 54.6 Å². The van der Waals surface area contributed by atoms with Crippen LogP contribution in [0.3, 0.4) is 0 Å². The van der Waals surface area contributed by atoms with Crippen molar-refractivity contribution < 1.29 is 23.9 Å². The SMILES string of the molecule is CC(C)(C)NC(C=O)c1ccccc1.CNc1cc(NCC(=O)N2CCc3cc(Cl)cc(Cl)c3C2C)c(F)cc1C#N.O=CO. The predicted molar refractivity (Wildman–Crippen MR) is 176 cm³/mol. The van der Waals surface area contributed by atoms with Crippen LogP contribution in [-0.4, -0.2) is 54.3 Å². The number of hydrogen-bond donors (Lipinski definition) is 4. The van der Waals surface area contributed by atoms with Gasteiger partial charge in [-0.25, -0.2) is 4.39 Å². The summed E-state index contributed by atoms with van der Waals surface area (Å²) in [5.74, 6) is -0.753. The van der Waals surface area contributed by atoms with Gasteiger partial charge in [-0.1, -0.05) is 53.5 Å². The lowest BCUT2D eigenvalue weighted by Crippen LogP contribution is -2.42. The number of hydrogen-bond acceptors (Lipinski definition) is 7. The number of amides is 1. The number of benzene rings is 3. The van der Waals surface area contributed by atoms with Crippen LogP contribution in [0.25, 0.3) is 0 Å². The van der Waals surface area contributed by atoms with Crippen molar-refractivity contribution in [1.82, 2.24) is 10.2 Å². The third-order valence-corrected chi connectivity index (χ3v) is 7.35. The van der Waals surface area contributed by atoms with Crippen LogP contribution in [0.4, 0.5) is 15.8 Å². The molecule has 0 spiro atoms. The number of carbonyl (C=O) groups excluding carboxylic acids is 2. The number of nitriles is 1. The molecule has 0 aromatic heterocycles. The number of anilines is 2. The Morgan fingerprint density at radius 3 is 2.36 bits per heavy atom. The largest absolute Gasteiger partial charge is 0.483 e. The Bertz CT molecular complexity index is 1510. The molecule has 3 aromatic rings. The molecule has 0 aliphatic carbocycles. The Morgan fingerprint density at radius 2 is 1.80 bits per heavy atom. The van der Waals surface area contributed by atoms with Gasteiger partial charge in [0, 0.05) is 29.2 Å². The van der Waals surface area contributed by atoms with E-state index in [1.807, 2.05) is 70.2 Å². The van der Waals surface area contributed by atoms with E-state index >= 15 is 0 Å². The fourth-order valence-electron chi connectivity index (χ4n) is 4.85. The van der Waals surface area contributed by atoms with Crippen LogP contribution >= 0.6 is 23.2 Å². The highest BCUT2D eigenvalue weighted by Crippen LogP contribution is 2.37. The first-order chi connectivity index (χ1) is 21.3. The molecule has 0 fully saturated rings. The summed E-state index contributed by atoms with van der Waals surface area (Å²) in [6, 6.07) is 17.4. The van der Waals surface area contributed by atoms with Crippen LogP contribution in [-0.2, 0) is 20.8 Å². The molecule has 3 aromatic carbocycles. The quantitative estimate of drug-likeness (QED) is 0.208. The van der Waals surface area contributed by atoms with Crippen LogP contribution < -0.4 is 16.0 Å². The Labute approximate surface area is 273 Å². The molecule has 0 radical (unpaired) electrons. The molecule has 1 aliphatic heterocycles. The van der Waals surface area contributed by atoms with E-state index in [2.05, 4.69) is 16.0 Å². The van der Waals surface area contributed by atoms with Gasteiger partial charge in [0.05, 0.1) is 35.6 Å². The maximum absolute atomic E-state index is 14.2. The van der Waals surface area contributed by atoms with Crippen molar-refractivity contribution in [2.45, 2.75) is 51.7 Å². The molecular weight excluding hydrogens is 620 g/mol. The minimum atomic E-state index is -0.585. The molecule has 9 nitrogen and oxygen atoms in total. The van der Waals surface area contributed by atoms with Crippen molar-refractivity contribution in [2.75, 3.05) is 30.8 Å². The molecule has 45 heavy (non-hydrogen) atoms. The van der Waals surface area contributed by atoms with Gasteiger partial charge < -0.3 is 25.4 Å². The second-order valence-corrected chi connectivity index (χ2v) is 11.9. The van der Waals surface area contributed by atoms with Gasteiger partial charge in [0.15, 0.2) is 0 Å². The van der Waals surface area contributed by atoms with E-state index in [-0.39, 0.29) is 47.8 Å². The smallest absolute Gasteiger partial charge is 0.290 e. The summed E-state index contributed by atoms with van der Waals surface area (Å²) in [6.45, 7) is 8.27. The number of halogens is 3. The van der Waals surface area contributed by atoms with E-state index in [0.717, 1.165) is 29.0 Å². The fraction of sp³-hybridized carbons (Fsp3) is 0.333. The van der Waals surface area contributed by atoms with E-state index in [4.69, 9.17) is 38.4 Å². The lowest BCUT2D eigenvalue weighted by molar-refractivity contribution is -0.131. The minimum absolute atomic E-state index is 0.0541. The number of fused-ring (bicyclic) bond motifs is 1. The summed E-state index contributed by atoms with van der Waals surface area (Å²) in [5, 5.41) is 26.0. The number of nitrogens with one attached hydrogen (secondary N) is 3. The molecule has 240 valence electrons. The van der Waals surface area contributed by atoms with Crippen molar-refractivity contribution in [3.05, 3.63) is 92.7 Å². The molecule has 1 aliphatic rings. The predicted octanol–water partition coefficient (Wildman–Crippen LogP) is 6.62. The van der Waals surface area contributed by atoms with Gasteiger partial charge in [-0.05, 0) is 75.1 Å². The average molecular weight is 659 g/mol. The maximum atomic E-state index is 14.2. The first kappa shape index (κ1) is 37.0. The molecule has 1 heterocycles. The van der Waals surface area contributed by atoms with Crippen LogP contribution in [0.5, 0.6) is 0 Å². The second kappa shape index (κ2) is 17.4. The monoisotopic (exact) mass is 657 g/mol. The summed E-state index contributed by atoms with van der Waals surface area (Å²) in [5.41, 5.74) is 3.74. The number of carbonyl (C=O) groups is 3. The van der Waals surface area contributed by atoms with Crippen molar-refractivity contribution in [1.29, 1.82) is 5.26 Å². The van der Waals surface area contributed by atoms with Gasteiger partial charge in [0.2, 0.25) is 5.91 Å². The van der Waals surface area contributed by atoms with E-state index in [0.29, 0.717) is 28.7 Å². The van der Waals surface area contributed by atoms with E-state index in [1.54, 1.807) is 18.0 Å². The highest BCUT2D eigenvalue weighted by atomic mass is 35.5. The molecule has 2 unspecified atom stereocenters. The van der Waals surface area contributed by atoms with Crippen molar-refractivity contribution in [2.24, 2.45) is 0 Å². The number of nitrogens with zero attached hydrogens (tertiary/aromatic N) is 2. The fourth-order valence-corrected chi connectivity index (χ4v) is 5.54. The van der Waals surface area contributed by atoms with Crippen molar-refractivity contribution in [3.8, 4) is 6.07 Å². The third-order valence-electron chi connectivity index (χ3n) is 6.82. The van der Waals surface area contributed by atoms with Gasteiger partial charge in [0.25, 0.3) is 6.47 Å². The molecule has 1 amide bonds. The van der Waals surface area contributed by atoms with E-state index in [1.165, 1.54) is 6.07 Å². The molecule has 12 heteroatoms. The van der Waals surface area contributed by atoms with Gasteiger partial charge in [-0.3, -0.25) is 14.9 Å². The topological polar surface area (TPSA) is 135 Å². The van der Waals surface area contributed by atoms with Gasteiger partial charge in [-0.2, -0.15) is 5.26 Å². The molecule has 0 saturated heterocycles. The van der Waals surface area contributed by atoms with Crippen LogP contribution in [0, 0.1) is 17.1 Å². The highest BCUT2D eigenvalue weighted by Gasteiger charge is 2.29. The molecule has 4 rings (SSSR count). The summed E-state index contributed by atoms with van der Waals surface area (Å²) in [4.78, 5) is 33.8. The standard InChI is InChI=1S/C20H19Cl2FN4O.C12H17NO.CH2O2/c1-11-20-12(5-14(21)7-15(20)22)3-4-27(11)19(28)10-26-18-8-17(25-2)13(9-24)6-16(18)23;1-12(2,3)13-11(9-14)10-7-5-4-6-8-10;2-1-3/h5-8,11,25-26H,3-4,10H2,1-2H3;4-9,11,13H,1-3H3;1H,(H,2,3). The van der Waals surface area contributed by atoms with E-state index < -0.39 is 5.82 Å². The zero-order chi connectivity index (χ0) is 33.7. The number of carboxylic acid groups (broad SMARTS) is 1. The zero-order valence-corrected chi connectivity index (χ0v) is 27.3. The molecule has 2 atom stereocenters. The van der Waals surface area contributed by atoms with Gasteiger partial charge in [0.1, 0.15) is 18.2 Å². The average Bonchev–Trinajstić information content (AvgIpc) is 2.99. The Balaban J connectivity index is 0.000000347. The first-order valence-electron chi connectivity index (χ1n) is 14.1. The van der Waals surface area contributed by atoms with Crippen LogP contribution in [0.1, 0.15) is 62.0 Å². The Morgan fingerprint density at radius 1 is 1.16 bits per heavy atom. The zero-order valence-electron chi connectivity index (χ0n) is 25.8. The van der Waals surface area contributed by atoms with Crippen molar-refractivity contribution >= 4 is 53.2 Å². The van der Waals surface area contributed by atoms with Gasteiger partial charge in [-0.15, -0.1) is 0 Å². The van der Waals surface area contributed by atoms with Crippen molar-refractivity contribution in [3.63, 3.8) is 0 Å². The maximum Gasteiger partial charge on any atom is 0.290 e. The lowest BCUT2D eigenvalue weighted by Gasteiger charge is -2.36. The normalized spacial score (nSPS) is 14.2. The third kappa shape index (κ3) is 10.7. The summed E-state index contributed by atoms with van der Waals surface area (Å²) in [6.07, 6.45) is 1.60. The minimum Gasteiger partial charge on any atom is -0.483 e. The summed E-state index contributed by atoms with van der Waals surface area (Å²) >= 11 is 12.4. The lowest BCUT2D eigenvalue weighted by atomic mass is 9.93. The van der Waals surface area contributed by atoms with E-state index in [9.17, 15) is 14.0 Å². The number of aldehydes is 1.